The summed E-state index contributed by atoms with van der Waals surface area (Å²) in [7, 11) is 0. The standard InChI is InChI=1S/C25H16F2N.C5H8O2.Ir/c1-15-6-7-16-8-9-21-20(22(16)12-15)10-11-28-24(21)18-13-17-4-2-3-5-19(17)23(14-18)25(26)27;1-4(6)3-5(2)7;/h2-12,14,25H,1H3;3,6H,1-2H3;/q-1;;/b;4-3-;. The third-order valence-corrected chi connectivity index (χ3v) is 5.63. The number of aliphatic hydroxyl groups excluding tert-OH is 1. The molecule has 0 amide bonds. The number of pyridine rings is 1. The first-order valence-electron chi connectivity index (χ1n) is 11.1. The van der Waals surface area contributed by atoms with Crippen LogP contribution in [0.15, 0.2) is 84.8 Å². The summed E-state index contributed by atoms with van der Waals surface area (Å²) in [4.78, 5) is 14.6. The van der Waals surface area contributed by atoms with E-state index in [-0.39, 0.29) is 37.2 Å². The number of benzene rings is 4. The average molecular weight is 661 g/mol. The largest absolute Gasteiger partial charge is 0.512 e. The topological polar surface area (TPSA) is 50.2 Å². The summed E-state index contributed by atoms with van der Waals surface area (Å²) < 4.78 is 27.5. The maximum atomic E-state index is 13.7. The number of fused-ring (bicyclic) bond motifs is 4. The van der Waals surface area contributed by atoms with Gasteiger partial charge in [-0.2, -0.15) is 0 Å². The molecule has 1 radical (unpaired) electrons. The second kappa shape index (κ2) is 11.5. The van der Waals surface area contributed by atoms with E-state index in [9.17, 15) is 13.6 Å². The first-order valence-corrected chi connectivity index (χ1v) is 11.1. The molecule has 5 aromatic rings. The summed E-state index contributed by atoms with van der Waals surface area (Å²) in [5.74, 6) is -0.0625. The molecule has 1 heterocycles. The zero-order valence-corrected chi connectivity index (χ0v) is 22.4. The van der Waals surface area contributed by atoms with Crippen LogP contribution in [0.3, 0.4) is 0 Å². The molecular weight excluding hydrogens is 637 g/mol. The number of carbonyl (C=O) groups is 1. The number of ketones is 1. The maximum absolute atomic E-state index is 13.7. The van der Waals surface area contributed by atoms with Gasteiger partial charge >= 0.3 is 0 Å². The van der Waals surface area contributed by atoms with Gasteiger partial charge in [-0.25, -0.2) is 8.78 Å². The Labute approximate surface area is 221 Å². The number of aryl methyl sites for hydroxylation is 1. The monoisotopic (exact) mass is 661 g/mol. The van der Waals surface area contributed by atoms with Gasteiger partial charge < -0.3 is 5.11 Å². The number of rotatable bonds is 3. The Balaban J connectivity index is 0.000000400. The molecule has 6 heteroatoms. The molecule has 0 bridgehead atoms. The minimum absolute atomic E-state index is 0. The van der Waals surface area contributed by atoms with Crippen LogP contribution in [-0.4, -0.2) is 15.9 Å². The minimum atomic E-state index is -2.56. The quantitative estimate of drug-likeness (QED) is 0.0918. The van der Waals surface area contributed by atoms with Gasteiger partial charge in [0.25, 0.3) is 6.43 Å². The third kappa shape index (κ3) is 5.84. The number of aliphatic hydroxyl groups is 1. The molecule has 3 nitrogen and oxygen atoms in total. The molecule has 0 saturated heterocycles. The Kier molecular flexibility index (Phi) is 8.67. The summed E-state index contributed by atoms with van der Waals surface area (Å²) >= 11 is 0. The second-order valence-electron chi connectivity index (χ2n) is 8.43. The predicted molar refractivity (Wildman–Crippen MR) is 138 cm³/mol. The van der Waals surface area contributed by atoms with Crippen LogP contribution < -0.4 is 0 Å². The molecule has 1 aromatic heterocycles. The van der Waals surface area contributed by atoms with Crippen molar-refractivity contribution < 1.29 is 38.8 Å². The maximum Gasteiger partial charge on any atom is 0.251 e. The molecule has 36 heavy (non-hydrogen) atoms. The number of aromatic nitrogens is 1. The normalized spacial score (nSPS) is 11.3. The molecule has 185 valence electrons. The Morgan fingerprint density at radius 1 is 0.944 bits per heavy atom. The molecule has 0 aliphatic rings. The van der Waals surface area contributed by atoms with Crippen molar-refractivity contribution in [2.24, 2.45) is 0 Å². The second-order valence-corrected chi connectivity index (χ2v) is 8.43. The van der Waals surface area contributed by atoms with Crippen LogP contribution in [0.1, 0.15) is 31.4 Å². The van der Waals surface area contributed by atoms with E-state index in [1.54, 1.807) is 18.3 Å². The molecule has 0 aliphatic heterocycles. The van der Waals surface area contributed by atoms with Gasteiger partial charge in [0, 0.05) is 38.1 Å². The molecule has 0 unspecified atom stereocenters. The summed E-state index contributed by atoms with van der Waals surface area (Å²) in [6.45, 7) is 4.91. The third-order valence-electron chi connectivity index (χ3n) is 5.63. The van der Waals surface area contributed by atoms with Crippen LogP contribution in [0.25, 0.3) is 43.6 Å². The number of allylic oxidation sites excluding steroid dienone is 2. The average Bonchev–Trinajstić information content (AvgIpc) is 2.82. The van der Waals surface area contributed by atoms with Crippen LogP contribution in [0.4, 0.5) is 8.78 Å². The molecule has 0 spiro atoms. The molecular formula is C30H24F2IrNO2-. The fourth-order valence-corrected chi connectivity index (χ4v) is 4.17. The first kappa shape index (κ1) is 27.1. The SMILES string of the molecule is CC(=O)/C=C(/C)O.Cc1ccc2ccc3c(-c4[c-]c5ccccc5c(C(F)F)c4)nccc3c2c1.[Ir]. The van der Waals surface area contributed by atoms with Gasteiger partial charge in [0.05, 0.1) is 5.76 Å². The van der Waals surface area contributed by atoms with Crippen LogP contribution in [0.5, 0.6) is 0 Å². The van der Waals surface area contributed by atoms with Crippen LogP contribution >= 0.6 is 0 Å². The van der Waals surface area contributed by atoms with E-state index in [4.69, 9.17) is 5.11 Å². The van der Waals surface area contributed by atoms with Crippen molar-refractivity contribution in [3.05, 3.63) is 102 Å². The van der Waals surface area contributed by atoms with Crippen molar-refractivity contribution in [2.75, 3.05) is 0 Å². The molecule has 0 saturated carbocycles. The Hall–Kier alpha value is -3.47. The van der Waals surface area contributed by atoms with Crippen molar-refractivity contribution in [1.82, 2.24) is 4.98 Å². The van der Waals surface area contributed by atoms with E-state index in [0.29, 0.717) is 22.0 Å². The molecule has 1 N–H and O–H groups in total. The molecule has 0 atom stereocenters. The number of alkyl halides is 2. The van der Waals surface area contributed by atoms with Crippen molar-refractivity contribution in [1.29, 1.82) is 0 Å². The van der Waals surface area contributed by atoms with E-state index in [1.807, 2.05) is 24.3 Å². The number of hydrogen-bond acceptors (Lipinski definition) is 3. The summed E-state index contributed by atoms with van der Waals surface area (Å²) in [5.41, 5.74) is 2.45. The number of nitrogens with zero attached hydrogens (tertiary/aromatic N) is 1. The van der Waals surface area contributed by atoms with E-state index in [0.717, 1.165) is 21.5 Å². The van der Waals surface area contributed by atoms with E-state index >= 15 is 0 Å². The van der Waals surface area contributed by atoms with Gasteiger partial charge in [-0.15, -0.1) is 23.6 Å². The van der Waals surface area contributed by atoms with Gasteiger partial charge in [-0.1, -0.05) is 65.0 Å². The summed E-state index contributed by atoms with van der Waals surface area (Å²) in [5, 5.41) is 13.8. The zero-order chi connectivity index (χ0) is 25.1. The molecule has 0 aliphatic carbocycles. The number of hydrogen-bond donors (Lipinski definition) is 1. The zero-order valence-electron chi connectivity index (χ0n) is 20.0. The van der Waals surface area contributed by atoms with Gasteiger partial charge in [0.15, 0.2) is 5.78 Å². The Morgan fingerprint density at radius 3 is 2.33 bits per heavy atom. The number of halogens is 2. The van der Waals surface area contributed by atoms with Crippen LogP contribution in [0.2, 0.25) is 0 Å². The van der Waals surface area contributed by atoms with Crippen molar-refractivity contribution >= 4 is 38.1 Å². The van der Waals surface area contributed by atoms with E-state index in [2.05, 4.69) is 42.2 Å². The van der Waals surface area contributed by atoms with Crippen molar-refractivity contribution in [2.45, 2.75) is 27.2 Å². The van der Waals surface area contributed by atoms with Crippen molar-refractivity contribution in [3.63, 3.8) is 0 Å². The minimum Gasteiger partial charge on any atom is -0.512 e. The molecule has 5 rings (SSSR count). The summed E-state index contributed by atoms with van der Waals surface area (Å²) in [6, 6.07) is 24.3. The van der Waals surface area contributed by atoms with Crippen LogP contribution in [0, 0.1) is 13.0 Å². The van der Waals surface area contributed by atoms with Gasteiger partial charge in [0.1, 0.15) is 0 Å². The van der Waals surface area contributed by atoms with Crippen molar-refractivity contribution in [3.8, 4) is 11.3 Å². The fraction of sp³-hybridized carbons (Fsp3) is 0.133. The predicted octanol–water partition coefficient (Wildman–Crippen LogP) is 8.29. The smallest absolute Gasteiger partial charge is 0.251 e. The molecule has 0 fully saturated rings. The van der Waals surface area contributed by atoms with E-state index in [1.165, 1.54) is 31.6 Å². The number of carbonyl (C=O) groups excluding carboxylic acids is 1. The van der Waals surface area contributed by atoms with Gasteiger partial charge in [-0.3, -0.25) is 9.78 Å². The molecule has 4 aromatic carbocycles. The first-order chi connectivity index (χ1) is 16.7. The van der Waals surface area contributed by atoms with Crippen LogP contribution in [-0.2, 0) is 24.9 Å². The summed E-state index contributed by atoms with van der Waals surface area (Å²) in [6.07, 6.45) is 0.349. The Morgan fingerprint density at radius 2 is 1.67 bits per heavy atom. The van der Waals surface area contributed by atoms with Gasteiger partial charge in [-0.05, 0) is 53.9 Å². The Bertz CT molecular complexity index is 1590. The van der Waals surface area contributed by atoms with Gasteiger partial charge in [0.2, 0.25) is 0 Å². The fourth-order valence-electron chi connectivity index (χ4n) is 4.17. The van der Waals surface area contributed by atoms with E-state index < -0.39 is 6.43 Å².